The Bertz CT molecular complexity index is 1010. The molecule has 0 amide bonds. The van der Waals surface area contributed by atoms with Crippen molar-refractivity contribution in [2.75, 3.05) is 26.9 Å². The van der Waals surface area contributed by atoms with E-state index in [2.05, 4.69) is 26.1 Å². The van der Waals surface area contributed by atoms with Crippen LogP contribution in [0.15, 0.2) is 47.1 Å². The molecule has 1 aliphatic heterocycles. The van der Waals surface area contributed by atoms with Crippen LogP contribution >= 0.6 is 0 Å². The van der Waals surface area contributed by atoms with Gasteiger partial charge in [-0.1, -0.05) is 17.3 Å². The highest BCUT2D eigenvalue weighted by Crippen LogP contribution is 2.33. The van der Waals surface area contributed by atoms with Gasteiger partial charge in [0.25, 0.3) is 0 Å². The molecule has 3 heterocycles. The fraction of sp³-hybridized carbons (Fsp3) is 0.364. The molecule has 30 heavy (non-hydrogen) atoms. The van der Waals surface area contributed by atoms with Crippen molar-refractivity contribution in [1.82, 2.24) is 20.0 Å². The molecule has 0 N–H and O–H groups in total. The number of hydrogen-bond acceptors (Lipinski definition) is 8. The molecule has 0 saturated carbocycles. The molecule has 4 rings (SSSR count). The Kier molecular flexibility index (Phi) is 6.32. The van der Waals surface area contributed by atoms with E-state index in [0.29, 0.717) is 36.4 Å². The van der Waals surface area contributed by atoms with Crippen molar-refractivity contribution in [2.24, 2.45) is 0 Å². The monoisotopic (exact) mass is 405 g/mol. The van der Waals surface area contributed by atoms with Crippen LogP contribution in [0.3, 0.4) is 0 Å². The summed E-state index contributed by atoms with van der Waals surface area (Å²) in [5, 5.41) is 13.1. The zero-order chi connectivity index (χ0) is 20.8. The van der Waals surface area contributed by atoms with Crippen molar-refractivity contribution in [3.05, 3.63) is 59.6 Å². The van der Waals surface area contributed by atoms with Crippen LogP contribution in [0, 0.1) is 11.3 Å². The van der Waals surface area contributed by atoms with E-state index in [-0.39, 0.29) is 6.04 Å². The summed E-state index contributed by atoms with van der Waals surface area (Å²) >= 11 is 0. The predicted octanol–water partition coefficient (Wildman–Crippen LogP) is 3.37. The third kappa shape index (κ3) is 4.64. The fourth-order valence-corrected chi connectivity index (χ4v) is 3.56. The van der Waals surface area contributed by atoms with Gasteiger partial charge in [-0.05, 0) is 43.1 Å². The first-order valence-corrected chi connectivity index (χ1v) is 9.91. The summed E-state index contributed by atoms with van der Waals surface area (Å²) in [5.74, 6) is 1.64. The van der Waals surface area contributed by atoms with E-state index in [4.69, 9.17) is 19.3 Å². The average Bonchev–Trinajstić information content (AvgIpc) is 3.44. The first-order chi connectivity index (χ1) is 14.8. The maximum absolute atomic E-state index is 8.97. The number of nitriles is 1. The molecule has 1 aliphatic rings. The Balaban J connectivity index is 1.46. The topological polar surface area (TPSA) is 97.3 Å². The molecule has 0 spiro atoms. The predicted molar refractivity (Wildman–Crippen MR) is 108 cm³/mol. The molecular formula is C22H23N5O3. The molecule has 1 fully saturated rings. The van der Waals surface area contributed by atoms with E-state index in [1.165, 1.54) is 0 Å². The first-order valence-electron chi connectivity index (χ1n) is 9.91. The summed E-state index contributed by atoms with van der Waals surface area (Å²) < 4.78 is 16.2. The lowest BCUT2D eigenvalue weighted by Crippen LogP contribution is -2.23. The van der Waals surface area contributed by atoms with Crippen LogP contribution in [0.25, 0.3) is 11.4 Å². The smallest absolute Gasteiger partial charge is 0.244 e. The van der Waals surface area contributed by atoms with E-state index in [0.717, 1.165) is 37.1 Å². The van der Waals surface area contributed by atoms with Crippen LogP contribution in [0.1, 0.15) is 35.9 Å². The van der Waals surface area contributed by atoms with Crippen LogP contribution in [0.5, 0.6) is 5.88 Å². The summed E-state index contributed by atoms with van der Waals surface area (Å²) in [4.78, 5) is 11.2. The lowest BCUT2D eigenvalue weighted by molar-refractivity contribution is 0.144. The minimum atomic E-state index is 0.0844. The minimum Gasteiger partial charge on any atom is -0.475 e. The van der Waals surface area contributed by atoms with E-state index in [1.54, 1.807) is 19.4 Å². The lowest BCUT2D eigenvalue weighted by atomic mass is 10.1. The summed E-state index contributed by atoms with van der Waals surface area (Å²) in [5.41, 5.74) is 2.62. The molecule has 1 aromatic carbocycles. The first kappa shape index (κ1) is 20.0. The van der Waals surface area contributed by atoms with E-state index >= 15 is 0 Å². The van der Waals surface area contributed by atoms with Gasteiger partial charge in [0, 0.05) is 31.5 Å². The number of hydrogen-bond donors (Lipinski definition) is 0. The van der Waals surface area contributed by atoms with Gasteiger partial charge in [-0.25, -0.2) is 4.98 Å². The average molecular weight is 405 g/mol. The van der Waals surface area contributed by atoms with Crippen molar-refractivity contribution in [3.63, 3.8) is 0 Å². The van der Waals surface area contributed by atoms with E-state index in [1.807, 2.05) is 30.3 Å². The number of methoxy groups -OCH3 is 1. The maximum Gasteiger partial charge on any atom is 0.244 e. The highest BCUT2D eigenvalue weighted by molar-refractivity contribution is 5.55. The Morgan fingerprint density at radius 1 is 1.23 bits per heavy atom. The van der Waals surface area contributed by atoms with E-state index < -0.39 is 0 Å². The Morgan fingerprint density at radius 3 is 2.90 bits per heavy atom. The van der Waals surface area contributed by atoms with Crippen LogP contribution in [0.2, 0.25) is 0 Å². The van der Waals surface area contributed by atoms with Gasteiger partial charge in [0.1, 0.15) is 6.61 Å². The van der Waals surface area contributed by atoms with Gasteiger partial charge in [0.15, 0.2) is 0 Å². The van der Waals surface area contributed by atoms with Gasteiger partial charge in [0.05, 0.1) is 24.3 Å². The molecule has 0 aliphatic carbocycles. The van der Waals surface area contributed by atoms with Crippen LogP contribution in [-0.2, 0) is 11.3 Å². The van der Waals surface area contributed by atoms with Gasteiger partial charge in [-0.3, -0.25) is 4.90 Å². The molecular weight excluding hydrogens is 382 g/mol. The molecule has 3 aromatic rings. The molecule has 0 bridgehead atoms. The number of rotatable bonds is 8. The second-order valence-electron chi connectivity index (χ2n) is 7.12. The highest BCUT2D eigenvalue weighted by Gasteiger charge is 2.30. The third-order valence-corrected chi connectivity index (χ3v) is 5.09. The number of pyridine rings is 1. The lowest BCUT2D eigenvalue weighted by Gasteiger charge is -2.21. The quantitative estimate of drug-likeness (QED) is 0.526. The molecule has 2 aromatic heterocycles. The molecule has 1 saturated heterocycles. The zero-order valence-electron chi connectivity index (χ0n) is 16.8. The van der Waals surface area contributed by atoms with Gasteiger partial charge in [0.2, 0.25) is 17.6 Å². The second kappa shape index (κ2) is 9.48. The number of nitrogens with zero attached hydrogens (tertiary/aromatic N) is 5. The van der Waals surface area contributed by atoms with Crippen molar-refractivity contribution < 1.29 is 14.0 Å². The van der Waals surface area contributed by atoms with Crippen molar-refractivity contribution >= 4 is 0 Å². The summed E-state index contributed by atoms with van der Waals surface area (Å²) in [6.45, 7) is 2.67. The number of benzene rings is 1. The maximum atomic E-state index is 8.97. The Labute approximate surface area is 175 Å². The zero-order valence-corrected chi connectivity index (χ0v) is 16.8. The van der Waals surface area contributed by atoms with Crippen LogP contribution in [-0.4, -0.2) is 46.9 Å². The molecule has 8 heteroatoms. The molecule has 1 unspecified atom stereocenters. The number of likely N-dealkylation sites (tertiary alicyclic amines) is 1. The minimum absolute atomic E-state index is 0.0844. The van der Waals surface area contributed by atoms with Gasteiger partial charge in [-0.15, -0.1) is 0 Å². The number of ether oxygens (including phenoxy) is 2. The van der Waals surface area contributed by atoms with Gasteiger partial charge < -0.3 is 14.0 Å². The van der Waals surface area contributed by atoms with Crippen LogP contribution in [0.4, 0.5) is 0 Å². The fourth-order valence-electron chi connectivity index (χ4n) is 3.56. The Morgan fingerprint density at radius 2 is 2.10 bits per heavy atom. The highest BCUT2D eigenvalue weighted by atomic mass is 16.5. The van der Waals surface area contributed by atoms with Crippen molar-refractivity contribution in [2.45, 2.75) is 25.4 Å². The van der Waals surface area contributed by atoms with Gasteiger partial charge >= 0.3 is 0 Å². The molecule has 154 valence electrons. The summed E-state index contributed by atoms with van der Waals surface area (Å²) in [7, 11) is 1.63. The van der Waals surface area contributed by atoms with Gasteiger partial charge in [-0.2, -0.15) is 10.2 Å². The normalized spacial score (nSPS) is 16.5. The largest absolute Gasteiger partial charge is 0.475 e. The van der Waals surface area contributed by atoms with Crippen LogP contribution < -0.4 is 4.74 Å². The SMILES string of the molecule is COCCOc1cc(-c2noc(C3CCCN3Cc3ccc(C#N)cc3)n2)ccn1. The standard InChI is InChI=1S/C22H23N5O3/c1-28-11-12-29-20-13-18(8-9-24-20)21-25-22(30-26-21)19-3-2-10-27(19)15-17-6-4-16(14-23)5-7-17/h4-9,13,19H,2-3,10-12,15H2,1H3. The van der Waals surface area contributed by atoms with Crippen molar-refractivity contribution in [1.29, 1.82) is 5.26 Å². The third-order valence-electron chi connectivity index (χ3n) is 5.09. The second-order valence-corrected chi connectivity index (χ2v) is 7.12. The van der Waals surface area contributed by atoms with E-state index in [9.17, 15) is 0 Å². The molecule has 8 nitrogen and oxygen atoms in total. The number of aromatic nitrogens is 3. The Hall–Kier alpha value is -3.28. The summed E-state index contributed by atoms with van der Waals surface area (Å²) in [6, 6.07) is 13.6. The molecule has 1 atom stereocenters. The summed E-state index contributed by atoms with van der Waals surface area (Å²) in [6.07, 6.45) is 3.71. The van der Waals surface area contributed by atoms with Crippen molar-refractivity contribution in [3.8, 4) is 23.3 Å². The molecule has 0 radical (unpaired) electrons.